The van der Waals surface area contributed by atoms with Gasteiger partial charge in [-0.25, -0.2) is 0 Å². The van der Waals surface area contributed by atoms with Crippen LogP contribution in [0.4, 0.5) is 0 Å². The quantitative estimate of drug-likeness (QED) is 0.712. The van der Waals surface area contributed by atoms with Crippen LogP contribution in [-0.2, 0) is 27.4 Å². The standard InChI is InChI=1S/C21H26O7/c1-24-16-7-3-14(4-8-16)11-26-18-13-28-21(23)19(22)20(18)27-12-15-5-9-17(25-2)10-6-15/h3-10,18-23H,11-13H2,1-2H3/t18-,19-,20+,21?/m1/s1. The van der Waals surface area contributed by atoms with E-state index in [0.717, 1.165) is 22.6 Å². The van der Waals surface area contributed by atoms with Gasteiger partial charge in [-0.15, -0.1) is 0 Å². The molecule has 0 radical (unpaired) electrons. The monoisotopic (exact) mass is 390 g/mol. The molecule has 2 N–H and O–H groups in total. The third-order valence-electron chi connectivity index (χ3n) is 4.65. The maximum absolute atomic E-state index is 10.3. The van der Waals surface area contributed by atoms with Gasteiger partial charge in [-0.1, -0.05) is 24.3 Å². The van der Waals surface area contributed by atoms with Crippen LogP contribution in [0.15, 0.2) is 48.5 Å². The first-order chi connectivity index (χ1) is 13.6. The SMILES string of the molecule is COc1ccc(CO[C@H]2[C@H](OCc3ccc(OC)cc3)COC(O)[C@@H]2O)cc1. The van der Waals surface area contributed by atoms with E-state index in [9.17, 15) is 10.2 Å². The lowest BCUT2D eigenvalue weighted by atomic mass is 10.0. The predicted octanol–water partition coefficient (Wildman–Crippen LogP) is 1.88. The Balaban J connectivity index is 1.60. The highest BCUT2D eigenvalue weighted by Crippen LogP contribution is 2.23. The van der Waals surface area contributed by atoms with Gasteiger partial charge in [0, 0.05) is 0 Å². The fourth-order valence-corrected chi connectivity index (χ4v) is 2.96. The Labute approximate surface area is 164 Å². The fourth-order valence-electron chi connectivity index (χ4n) is 2.96. The first-order valence-corrected chi connectivity index (χ1v) is 9.07. The molecule has 1 saturated heterocycles. The summed E-state index contributed by atoms with van der Waals surface area (Å²) in [6.07, 6.45) is -3.74. The lowest BCUT2D eigenvalue weighted by Crippen LogP contribution is -2.54. The van der Waals surface area contributed by atoms with Crippen LogP contribution < -0.4 is 9.47 Å². The van der Waals surface area contributed by atoms with Crippen molar-refractivity contribution in [1.29, 1.82) is 0 Å². The smallest absolute Gasteiger partial charge is 0.183 e. The number of benzene rings is 2. The van der Waals surface area contributed by atoms with Gasteiger partial charge in [0.25, 0.3) is 0 Å². The molecule has 4 atom stereocenters. The summed E-state index contributed by atoms with van der Waals surface area (Å²) in [5.41, 5.74) is 1.87. The Morgan fingerprint density at radius 2 is 1.32 bits per heavy atom. The topological polar surface area (TPSA) is 86.6 Å². The van der Waals surface area contributed by atoms with Crippen LogP contribution in [0.25, 0.3) is 0 Å². The van der Waals surface area contributed by atoms with E-state index in [2.05, 4.69) is 0 Å². The molecule has 0 aliphatic carbocycles. The summed E-state index contributed by atoms with van der Waals surface area (Å²) in [5, 5.41) is 20.2. The molecule has 28 heavy (non-hydrogen) atoms. The van der Waals surface area contributed by atoms with Crippen molar-refractivity contribution in [3.8, 4) is 11.5 Å². The molecule has 0 aromatic heterocycles. The molecule has 1 unspecified atom stereocenters. The van der Waals surface area contributed by atoms with E-state index in [1.807, 2.05) is 48.5 Å². The van der Waals surface area contributed by atoms with Gasteiger partial charge in [-0.2, -0.15) is 0 Å². The minimum Gasteiger partial charge on any atom is -0.497 e. The van der Waals surface area contributed by atoms with Crippen LogP contribution in [0.5, 0.6) is 11.5 Å². The first kappa shape index (κ1) is 20.6. The third-order valence-corrected chi connectivity index (χ3v) is 4.65. The molecule has 0 saturated carbocycles. The summed E-state index contributed by atoms with van der Waals surface area (Å²) in [5.74, 6) is 1.52. The zero-order valence-electron chi connectivity index (χ0n) is 16.0. The van der Waals surface area contributed by atoms with E-state index >= 15 is 0 Å². The van der Waals surface area contributed by atoms with Crippen molar-refractivity contribution in [2.24, 2.45) is 0 Å². The number of hydrogen-bond acceptors (Lipinski definition) is 7. The second kappa shape index (κ2) is 9.86. The zero-order valence-corrected chi connectivity index (χ0v) is 16.0. The van der Waals surface area contributed by atoms with Gasteiger partial charge in [0.05, 0.1) is 34.0 Å². The number of rotatable bonds is 8. The van der Waals surface area contributed by atoms with Crippen molar-refractivity contribution >= 4 is 0 Å². The average Bonchev–Trinajstić information content (AvgIpc) is 2.74. The van der Waals surface area contributed by atoms with Crippen LogP contribution in [0.1, 0.15) is 11.1 Å². The highest BCUT2D eigenvalue weighted by atomic mass is 16.6. The molecule has 1 aliphatic heterocycles. The second-order valence-electron chi connectivity index (χ2n) is 6.54. The van der Waals surface area contributed by atoms with Gasteiger partial charge in [0.15, 0.2) is 6.29 Å². The summed E-state index contributed by atoms with van der Waals surface area (Å²) in [6, 6.07) is 15.0. The van der Waals surface area contributed by atoms with E-state index in [1.165, 1.54) is 0 Å². The number of methoxy groups -OCH3 is 2. The van der Waals surface area contributed by atoms with Crippen LogP contribution in [0, 0.1) is 0 Å². The molecule has 3 rings (SSSR count). The summed E-state index contributed by atoms with van der Waals surface area (Å²) >= 11 is 0. The molecule has 7 nitrogen and oxygen atoms in total. The van der Waals surface area contributed by atoms with Crippen molar-refractivity contribution in [1.82, 2.24) is 0 Å². The van der Waals surface area contributed by atoms with E-state index in [-0.39, 0.29) is 13.2 Å². The van der Waals surface area contributed by atoms with Crippen LogP contribution >= 0.6 is 0 Å². The third kappa shape index (κ3) is 5.21. The van der Waals surface area contributed by atoms with Crippen LogP contribution in [0.2, 0.25) is 0 Å². The molecule has 7 heteroatoms. The Morgan fingerprint density at radius 3 is 1.82 bits per heavy atom. The number of hydrogen-bond donors (Lipinski definition) is 2. The molecule has 0 spiro atoms. The second-order valence-corrected chi connectivity index (χ2v) is 6.54. The molecule has 0 bridgehead atoms. The molecule has 2 aromatic rings. The first-order valence-electron chi connectivity index (χ1n) is 9.07. The van der Waals surface area contributed by atoms with Crippen molar-refractivity contribution in [3.63, 3.8) is 0 Å². The van der Waals surface area contributed by atoms with Crippen molar-refractivity contribution < 1.29 is 33.9 Å². The maximum Gasteiger partial charge on any atom is 0.183 e. The zero-order chi connectivity index (χ0) is 19.9. The lowest BCUT2D eigenvalue weighted by molar-refractivity contribution is -0.273. The minimum absolute atomic E-state index is 0.127. The fraction of sp³-hybridized carbons (Fsp3) is 0.429. The minimum atomic E-state index is -1.30. The maximum atomic E-state index is 10.3. The Kier molecular flexibility index (Phi) is 7.24. The Morgan fingerprint density at radius 1 is 0.821 bits per heavy atom. The molecule has 1 fully saturated rings. The highest BCUT2D eigenvalue weighted by molar-refractivity contribution is 5.27. The molecule has 2 aromatic carbocycles. The van der Waals surface area contributed by atoms with Gasteiger partial charge in [0.1, 0.15) is 29.8 Å². The van der Waals surface area contributed by atoms with Gasteiger partial charge >= 0.3 is 0 Å². The van der Waals surface area contributed by atoms with E-state index in [0.29, 0.717) is 6.61 Å². The largest absolute Gasteiger partial charge is 0.497 e. The number of ether oxygens (including phenoxy) is 5. The molecule has 1 aliphatic rings. The summed E-state index contributed by atoms with van der Waals surface area (Å²) in [6.45, 7) is 0.714. The Bertz CT molecular complexity index is 717. The van der Waals surface area contributed by atoms with Gasteiger partial charge in [0.2, 0.25) is 0 Å². The summed E-state index contributed by atoms with van der Waals surface area (Å²) in [7, 11) is 3.22. The Hall–Kier alpha value is -2.16. The van der Waals surface area contributed by atoms with Crippen LogP contribution in [-0.4, -0.2) is 55.6 Å². The van der Waals surface area contributed by atoms with Gasteiger partial charge in [-0.3, -0.25) is 0 Å². The molecule has 0 amide bonds. The van der Waals surface area contributed by atoms with Gasteiger partial charge < -0.3 is 33.9 Å². The molecule has 1 heterocycles. The molecule has 152 valence electrons. The van der Waals surface area contributed by atoms with Crippen molar-refractivity contribution in [3.05, 3.63) is 59.7 Å². The number of aliphatic hydroxyl groups excluding tert-OH is 2. The molecular formula is C21H26O7. The van der Waals surface area contributed by atoms with Crippen molar-refractivity contribution in [2.75, 3.05) is 20.8 Å². The van der Waals surface area contributed by atoms with E-state index in [1.54, 1.807) is 14.2 Å². The normalized spacial score (nSPS) is 24.7. The summed E-state index contributed by atoms with van der Waals surface area (Å²) in [4.78, 5) is 0. The van der Waals surface area contributed by atoms with E-state index < -0.39 is 24.6 Å². The van der Waals surface area contributed by atoms with Gasteiger partial charge in [-0.05, 0) is 35.4 Å². The van der Waals surface area contributed by atoms with Crippen LogP contribution in [0.3, 0.4) is 0 Å². The molecular weight excluding hydrogens is 364 g/mol. The highest BCUT2D eigenvalue weighted by Gasteiger charge is 2.40. The van der Waals surface area contributed by atoms with Crippen molar-refractivity contribution in [2.45, 2.75) is 37.8 Å². The lowest BCUT2D eigenvalue weighted by Gasteiger charge is -2.37. The number of aliphatic hydroxyl groups is 2. The predicted molar refractivity (Wildman–Crippen MR) is 101 cm³/mol. The van der Waals surface area contributed by atoms with E-state index in [4.69, 9.17) is 23.7 Å². The summed E-state index contributed by atoms with van der Waals surface area (Å²) < 4.78 is 27.3. The average molecular weight is 390 g/mol.